The molecule has 6 heteroatoms. The normalized spacial score (nSPS) is 11.6. The molecule has 1 rings (SSSR count). The van der Waals surface area contributed by atoms with Crippen LogP contribution >= 0.6 is 0 Å². The van der Waals surface area contributed by atoms with E-state index < -0.39 is 17.9 Å². The lowest BCUT2D eigenvalue weighted by Crippen LogP contribution is -2.41. The van der Waals surface area contributed by atoms with Crippen molar-refractivity contribution in [2.75, 3.05) is 0 Å². The second-order valence-electron chi connectivity index (χ2n) is 3.49. The van der Waals surface area contributed by atoms with Crippen molar-refractivity contribution >= 4 is 11.9 Å². The summed E-state index contributed by atoms with van der Waals surface area (Å²) >= 11 is 0. The van der Waals surface area contributed by atoms with Crippen molar-refractivity contribution in [3.05, 3.63) is 40.8 Å². The molecular formula is C11H12N2O4. The Hall–Kier alpha value is -2.24. The fourth-order valence-corrected chi connectivity index (χ4v) is 1.45. The van der Waals surface area contributed by atoms with E-state index in [1.165, 1.54) is 0 Å². The van der Waals surface area contributed by atoms with Crippen LogP contribution in [-0.2, 0) is 16.0 Å². The number of carboxylic acids is 1. The Labute approximate surface area is 97.8 Å². The van der Waals surface area contributed by atoms with Gasteiger partial charge in [0.15, 0.2) is 6.04 Å². The third kappa shape index (κ3) is 3.37. The molecule has 0 heterocycles. The van der Waals surface area contributed by atoms with E-state index in [0.717, 1.165) is 12.5 Å². The highest BCUT2D eigenvalue weighted by Crippen LogP contribution is 2.10. The van der Waals surface area contributed by atoms with E-state index in [9.17, 15) is 14.5 Å². The molecule has 0 fully saturated rings. The van der Waals surface area contributed by atoms with Gasteiger partial charge in [-0.25, -0.2) is 4.79 Å². The first-order valence-electron chi connectivity index (χ1n) is 4.96. The standard InChI is InChI=1S/C11H12N2O4/c1-8(14)13(12-17)10(11(15)16)7-9-5-3-2-4-6-9/h2-6,10H,7H2,1H3,(H,15,16)/t10-/m0/s1. The van der Waals surface area contributed by atoms with Crippen LogP contribution in [0.2, 0.25) is 0 Å². The van der Waals surface area contributed by atoms with Crippen molar-refractivity contribution in [3.63, 3.8) is 0 Å². The van der Waals surface area contributed by atoms with E-state index in [2.05, 4.69) is 5.29 Å². The van der Waals surface area contributed by atoms with Crippen LogP contribution in [0, 0.1) is 4.91 Å². The third-order valence-corrected chi connectivity index (χ3v) is 2.26. The van der Waals surface area contributed by atoms with Gasteiger partial charge in [-0.2, -0.15) is 5.01 Å². The van der Waals surface area contributed by atoms with E-state index in [1.54, 1.807) is 30.3 Å². The van der Waals surface area contributed by atoms with Crippen LogP contribution in [0.4, 0.5) is 0 Å². The molecule has 1 amide bonds. The largest absolute Gasteiger partial charge is 0.480 e. The third-order valence-electron chi connectivity index (χ3n) is 2.26. The maximum atomic E-state index is 11.1. The number of benzene rings is 1. The minimum Gasteiger partial charge on any atom is -0.480 e. The zero-order valence-corrected chi connectivity index (χ0v) is 9.24. The highest BCUT2D eigenvalue weighted by Gasteiger charge is 2.29. The van der Waals surface area contributed by atoms with E-state index in [4.69, 9.17) is 5.11 Å². The predicted molar refractivity (Wildman–Crippen MR) is 59.9 cm³/mol. The average Bonchev–Trinajstić information content (AvgIpc) is 2.29. The second-order valence-corrected chi connectivity index (χ2v) is 3.49. The Morgan fingerprint density at radius 2 is 1.94 bits per heavy atom. The molecule has 0 spiro atoms. The van der Waals surface area contributed by atoms with Crippen molar-refractivity contribution in [3.8, 4) is 0 Å². The quantitative estimate of drug-likeness (QED) is 0.615. The van der Waals surface area contributed by atoms with Gasteiger partial charge in [-0.15, -0.1) is 4.91 Å². The first-order chi connectivity index (χ1) is 8.06. The average molecular weight is 236 g/mol. The molecule has 1 aromatic rings. The summed E-state index contributed by atoms with van der Waals surface area (Å²) in [5.74, 6) is -1.95. The summed E-state index contributed by atoms with van der Waals surface area (Å²) in [7, 11) is 0. The minimum absolute atomic E-state index is 0.0431. The Bertz CT molecular complexity index is 419. The lowest BCUT2D eigenvalue weighted by Gasteiger charge is -2.19. The predicted octanol–water partition coefficient (Wildman–Crippen LogP) is 1.21. The molecule has 0 bridgehead atoms. The summed E-state index contributed by atoms with van der Waals surface area (Å²) in [6.45, 7) is 1.10. The first kappa shape index (κ1) is 12.8. The number of carbonyl (C=O) groups is 2. The topological polar surface area (TPSA) is 87.0 Å². The maximum absolute atomic E-state index is 11.1. The van der Waals surface area contributed by atoms with Gasteiger partial charge in [-0.05, 0) is 5.56 Å². The molecular weight excluding hydrogens is 224 g/mol. The first-order valence-corrected chi connectivity index (χ1v) is 4.96. The monoisotopic (exact) mass is 236 g/mol. The van der Waals surface area contributed by atoms with Gasteiger partial charge in [-0.3, -0.25) is 4.79 Å². The maximum Gasteiger partial charge on any atom is 0.329 e. The molecule has 1 aromatic carbocycles. The molecule has 0 aliphatic carbocycles. The molecule has 1 atom stereocenters. The van der Waals surface area contributed by atoms with Crippen molar-refractivity contribution < 1.29 is 14.7 Å². The van der Waals surface area contributed by atoms with E-state index in [-0.39, 0.29) is 6.42 Å². The number of rotatable bonds is 5. The number of nitrogens with zero attached hydrogens (tertiary/aromatic N) is 2. The van der Waals surface area contributed by atoms with E-state index in [1.807, 2.05) is 0 Å². The molecule has 0 saturated heterocycles. The van der Waals surface area contributed by atoms with E-state index in [0.29, 0.717) is 5.01 Å². The van der Waals surface area contributed by atoms with Crippen LogP contribution in [0.3, 0.4) is 0 Å². The Morgan fingerprint density at radius 1 is 1.35 bits per heavy atom. The molecule has 1 N–H and O–H groups in total. The molecule has 17 heavy (non-hydrogen) atoms. The molecule has 0 aliphatic heterocycles. The van der Waals surface area contributed by atoms with Crippen molar-refractivity contribution in [1.29, 1.82) is 0 Å². The van der Waals surface area contributed by atoms with Crippen LogP contribution in [0.15, 0.2) is 35.6 Å². The smallest absolute Gasteiger partial charge is 0.329 e. The van der Waals surface area contributed by atoms with Crippen LogP contribution in [0.5, 0.6) is 0 Å². The highest BCUT2D eigenvalue weighted by atomic mass is 16.4. The van der Waals surface area contributed by atoms with Gasteiger partial charge >= 0.3 is 5.97 Å². The fraction of sp³-hybridized carbons (Fsp3) is 0.273. The number of hydrogen-bond acceptors (Lipinski definition) is 4. The summed E-state index contributed by atoms with van der Waals surface area (Å²) in [6.07, 6.45) is 0.0431. The molecule has 0 aliphatic rings. The van der Waals surface area contributed by atoms with Gasteiger partial charge in [-0.1, -0.05) is 30.3 Å². The van der Waals surface area contributed by atoms with E-state index >= 15 is 0 Å². The number of amides is 1. The van der Waals surface area contributed by atoms with Gasteiger partial charge in [0.2, 0.25) is 5.91 Å². The van der Waals surface area contributed by atoms with Crippen LogP contribution in [-0.4, -0.2) is 28.0 Å². The summed E-state index contributed by atoms with van der Waals surface area (Å²) < 4.78 is 0. The molecule has 0 aromatic heterocycles. The highest BCUT2D eigenvalue weighted by molar-refractivity contribution is 5.82. The number of carboxylic acid groups (broad SMARTS) is 1. The van der Waals surface area contributed by atoms with Crippen LogP contribution < -0.4 is 0 Å². The molecule has 0 unspecified atom stereocenters. The summed E-state index contributed by atoms with van der Waals surface area (Å²) in [5, 5.41) is 11.9. The number of carbonyl (C=O) groups excluding carboxylic acids is 1. The molecule has 0 saturated carbocycles. The minimum atomic E-state index is -1.27. The van der Waals surface area contributed by atoms with Gasteiger partial charge < -0.3 is 5.11 Å². The lowest BCUT2D eigenvalue weighted by molar-refractivity contribution is -0.149. The number of aliphatic carboxylic acids is 1. The summed E-state index contributed by atoms with van der Waals surface area (Å²) in [5.41, 5.74) is 0.717. The zero-order valence-electron chi connectivity index (χ0n) is 9.24. The van der Waals surface area contributed by atoms with Crippen molar-refractivity contribution in [2.45, 2.75) is 19.4 Å². The van der Waals surface area contributed by atoms with Crippen molar-refractivity contribution in [1.82, 2.24) is 5.01 Å². The lowest BCUT2D eigenvalue weighted by atomic mass is 10.1. The van der Waals surface area contributed by atoms with Gasteiger partial charge in [0, 0.05) is 13.3 Å². The summed E-state index contributed by atoms with van der Waals surface area (Å²) in [4.78, 5) is 32.6. The van der Waals surface area contributed by atoms with Gasteiger partial charge in [0.25, 0.3) is 0 Å². The zero-order chi connectivity index (χ0) is 12.8. The molecule has 6 nitrogen and oxygen atoms in total. The van der Waals surface area contributed by atoms with Crippen LogP contribution in [0.1, 0.15) is 12.5 Å². The number of nitroso groups, excluding NO2 is 1. The van der Waals surface area contributed by atoms with Gasteiger partial charge in [0.05, 0.1) is 5.29 Å². The molecule has 90 valence electrons. The summed E-state index contributed by atoms with van der Waals surface area (Å²) in [6, 6.07) is 7.46. The molecule has 0 radical (unpaired) electrons. The fourth-order valence-electron chi connectivity index (χ4n) is 1.45. The second kappa shape index (κ2) is 5.74. The SMILES string of the molecule is CC(=O)N(N=O)[C@@H](Cc1ccccc1)C(=O)O. The van der Waals surface area contributed by atoms with Crippen molar-refractivity contribution in [2.24, 2.45) is 5.29 Å². The van der Waals surface area contributed by atoms with Gasteiger partial charge in [0.1, 0.15) is 0 Å². The Kier molecular flexibility index (Phi) is 4.33. The Balaban J connectivity index is 2.90. The number of hydrogen-bond donors (Lipinski definition) is 1. The Morgan fingerprint density at radius 3 is 2.35 bits per heavy atom. The van der Waals surface area contributed by atoms with Crippen LogP contribution in [0.25, 0.3) is 0 Å².